The summed E-state index contributed by atoms with van der Waals surface area (Å²) in [5.41, 5.74) is 3.19. The van der Waals surface area contributed by atoms with Gasteiger partial charge in [-0.1, -0.05) is 29.5 Å². The van der Waals surface area contributed by atoms with Crippen molar-refractivity contribution in [2.75, 3.05) is 11.9 Å². The number of amides is 1. The van der Waals surface area contributed by atoms with E-state index in [1.165, 1.54) is 11.3 Å². The molecule has 0 saturated heterocycles. The highest BCUT2D eigenvalue weighted by Crippen LogP contribution is 2.28. The fourth-order valence-corrected chi connectivity index (χ4v) is 2.94. The largest absolute Gasteiger partial charge is 0.384 e. The Balaban J connectivity index is 2.31. The van der Waals surface area contributed by atoms with Crippen molar-refractivity contribution >= 4 is 34.5 Å². The lowest BCUT2D eigenvalue weighted by molar-refractivity contribution is 0.103. The average molecular weight is 320 g/mol. The second-order valence-electron chi connectivity index (χ2n) is 4.52. The van der Waals surface area contributed by atoms with E-state index in [1.54, 1.807) is 6.07 Å². The number of hydrogen-bond donors (Lipinski definition) is 2. The molecule has 0 unspecified atom stereocenters. The molecule has 0 aliphatic heterocycles. The number of aliphatic hydroxyl groups excluding tert-OH is 1. The molecular weight excluding hydrogens is 306 g/mol. The summed E-state index contributed by atoms with van der Waals surface area (Å²) in [6.07, 6.45) is 0. The van der Waals surface area contributed by atoms with Crippen molar-refractivity contribution in [3.05, 3.63) is 50.2 Å². The monoisotopic (exact) mass is 319 g/mol. The number of nitrogens with one attached hydrogen (secondary N) is 1. The summed E-state index contributed by atoms with van der Waals surface area (Å²) in [5.74, 6) is 5.17. The van der Waals surface area contributed by atoms with Crippen molar-refractivity contribution < 1.29 is 9.90 Å². The lowest BCUT2D eigenvalue weighted by Gasteiger charge is -2.08. The van der Waals surface area contributed by atoms with Gasteiger partial charge in [-0.05, 0) is 42.5 Å². The number of carbonyl (C=O) groups is 1. The van der Waals surface area contributed by atoms with Crippen LogP contribution >= 0.6 is 22.9 Å². The van der Waals surface area contributed by atoms with Crippen LogP contribution in [0.4, 0.5) is 5.69 Å². The molecule has 0 saturated carbocycles. The minimum absolute atomic E-state index is 0.225. The van der Waals surface area contributed by atoms with Crippen LogP contribution < -0.4 is 5.32 Å². The van der Waals surface area contributed by atoms with Gasteiger partial charge >= 0.3 is 0 Å². The maximum atomic E-state index is 12.3. The van der Waals surface area contributed by atoms with Gasteiger partial charge in [-0.15, -0.1) is 11.3 Å². The number of anilines is 1. The van der Waals surface area contributed by atoms with Crippen molar-refractivity contribution in [1.82, 2.24) is 0 Å². The van der Waals surface area contributed by atoms with E-state index in [1.807, 2.05) is 31.4 Å². The Labute approximate surface area is 132 Å². The number of carbonyl (C=O) groups excluding carboxylic acids is 1. The number of halogens is 1. The lowest BCUT2D eigenvalue weighted by Crippen LogP contribution is -2.12. The van der Waals surface area contributed by atoms with E-state index in [-0.39, 0.29) is 12.5 Å². The van der Waals surface area contributed by atoms with Crippen LogP contribution in [0, 0.1) is 25.7 Å². The number of aliphatic hydroxyl groups is 1. The Hall–Kier alpha value is -1.80. The van der Waals surface area contributed by atoms with E-state index in [4.69, 9.17) is 16.7 Å². The summed E-state index contributed by atoms with van der Waals surface area (Å²) < 4.78 is 0. The summed E-state index contributed by atoms with van der Waals surface area (Å²) in [6.45, 7) is 3.58. The number of thiophene rings is 1. The van der Waals surface area contributed by atoms with Gasteiger partial charge in [-0.2, -0.15) is 0 Å². The second-order valence-corrected chi connectivity index (χ2v) is 5.78. The van der Waals surface area contributed by atoms with Crippen LogP contribution in [-0.2, 0) is 0 Å². The van der Waals surface area contributed by atoms with Gasteiger partial charge in [-0.25, -0.2) is 0 Å². The first-order valence-corrected chi connectivity index (χ1v) is 7.54. The van der Waals surface area contributed by atoms with Crippen molar-refractivity contribution in [3.8, 4) is 11.8 Å². The molecular formula is C16H14ClNO2S. The molecule has 0 spiro atoms. The molecule has 21 heavy (non-hydrogen) atoms. The van der Waals surface area contributed by atoms with Crippen LogP contribution in [0.25, 0.3) is 0 Å². The molecule has 0 bridgehead atoms. The fraction of sp³-hybridized carbons (Fsp3) is 0.188. The molecule has 108 valence electrons. The van der Waals surface area contributed by atoms with Gasteiger partial charge in [0.05, 0.1) is 10.7 Å². The molecule has 1 amide bonds. The van der Waals surface area contributed by atoms with E-state index in [2.05, 4.69) is 17.2 Å². The summed E-state index contributed by atoms with van der Waals surface area (Å²) in [6, 6.07) is 5.55. The first-order chi connectivity index (χ1) is 10.0. The summed E-state index contributed by atoms with van der Waals surface area (Å²) in [4.78, 5) is 12.8. The highest BCUT2D eigenvalue weighted by atomic mass is 35.5. The normalized spacial score (nSPS) is 9.90. The van der Waals surface area contributed by atoms with Gasteiger partial charge in [0.2, 0.25) is 0 Å². The molecule has 1 aromatic heterocycles. The molecule has 3 nitrogen and oxygen atoms in total. The van der Waals surface area contributed by atoms with Crippen molar-refractivity contribution in [1.29, 1.82) is 0 Å². The Morgan fingerprint density at radius 3 is 2.81 bits per heavy atom. The van der Waals surface area contributed by atoms with Gasteiger partial charge in [0.15, 0.2) is 0 Å². The van der Waals surface area contributed by atoms with E-state index < -0.39 is 0 Å². The van der Waals surface area contributed by atoms with Crippen molar-refractivity contribution in [2.24, 2.45) is 0 Å². The average Bonchev–Trinajstić information content (AvgIpc) is 2.79. The van der Waals surface area contributed by atoms with Crippen LogP contribution in [0.1, 0.15) is 26.4 Å². The zero-order valence-electron chi connectivity index (χ0n) is 11.7. The molecule has 0 aliphatic rings. The number of rotatable bonds is 2. The number of aryl methyl sites for hydroxylation is 2. The SMILES string of the molecule is Cc1ccc(NC(=O)c2scc(C)c2Cl)c(C#CCO)c1. The Morgan fingerprint density at radius 1 is 1.43 bits per heavy atom. The van der Waals surface area contributed by atoms with Crippen LogP contribution in [0.3, 0.4) is 0 Å². The Bertz CT molecular complexity index is 740. The van der Waals surface area contributed by atoms with Gasteiger partial charge in [0.1, 0.15) is 11.5 Å². The molecule has 0 radical (unpaired) electrons. The van der Waals surface area contributed by atoms with Gasteiger partial charge in [0.25, 0.3) is 5.91 Å². The maximum Gasteiger partial charge on any atom is 0.267 e. The van der Waals surface area contributed by atoms with E-state index >= 15 is 0 Å². The topological polar surface area (TPSA) is 49.3 Å². The van der Waals surface area contributed by atoms with E-state index in [0.717, 1.165) is 11.1 Å². The fourth-order valence-electron chi connectivity index (χ4n) is 1.77. The molecule has 1 aromatic carbocycles. The van der Waals surface area contributed by atoms with Crippen LogP contribution in [0.2, 0.25) is 5.02 Å². The van der Waals surface area contributed by atoms with Gasteiger partial charge in [0, 0.05) is 5.56 Å². The molecule has 0 atom stereocenters. The predicted molar refractivity (Wildman–Crippen MR) is 87.2 cm³/mol. The number of hydrogen-bond acceptors (Lipinski definition) is 3. The molecule has 0 fully saturated rings. The van der Waals surface area contributed by atoms with Crippen LogP contribution in [-0.4, -0.2) is 17.6 Å². The van der Waals surface area contributed by atoms with Crippen molar-refractivity contribution in [3.63, 3.8) is 0 Å². The molecule has 5 heteroatoms. The van der Waals surface area contributed by atoms with E-state index in [0.29, 0.717) is 21.2 Å². The smallest absolute Gasteiger partial charge is 0.267 e. The third kappa shape index (κ3) is 3.64. The maximum absolute atomic E-state index is 12.3. The zero-order valence-corrected chi connectivity index (χ0v) is 13.2. The second kappa shape index (κ2) is 6.77. The molecule has 2 N–H and O–H groups in total. The Kier molecular flexibility index (Phi) is 5.03. The molecule has 1 heterocycles. The first kappa shape index (κ1) is 15.6. The molecule has 0 aliphatic carbocycles. The first-order valence-electron chi connectivity index (χ1n) is 6.28. The minimum Gasteiger partial charge on any atom is -0.384 e. The summed E-state index contributed by atoms with van der Waals surface area (Å²) >= 11 is 7.42. The highest BCUT2D eigenvalue weighted by molar-refractivity contribution is 7.13. The third-order valence-corrected chi connectivity index (χ3v) is 4.53. The summed E-state index contributed by atoms with van der Waals surface area (Å²) in [7, 11) is 0. The highest BCUT2D eigenvalue weighted by Gasteiger charge is 2.15. The van der Waals surface area contributed by atoms with Gasteiger partial charge in [-0.3, -0.25) is 4.79 Å². The van der Waals surface area contributed by atoms with Gasteiger partial charge < -0.3 is 10.4 Å². The minimum atomic E-state index is -0.256. The van der Waals surface area contributed by atoms with Crippen LogP contribution in [0.5, 0.6) is 0 Å². The molecule has 2 aromatic rings. The Morgan fingerprint density at radius 2 is 2.19 bits per heavy atom. The predicted octanol–water partition coefficient (Wildman–Crippen LogP) is 3.61. The third-order valence-electron chi connectivity index (χ3n) is 2.83. The zero-order chi connectivity index (χ0) is 15.4. The summed E-state index contributed by atoms with van der Waals surface area (Å²) in [5, 5.41) is 14.0. The lowest BCUT2D eigenvalue weighted by atomic mass is 10.1. The van der Waals surface area contributed by atoms with Crippen molar-refractivity contribution in [2.45, 2.75) is 13.8 Å². The number of benzene rings is 1. The van der Waals surface area contributed by atoms with Crippen LogP contribution in [0.15, 0.2) is 23.6 Å². The standard InChI is InChI=1S/C16H14ClNO2S/c1-10-5-6-13(12(8-10)4-3-7-19)18-16(20)15-14(17)11(2)9-21-15/h5-6,8-9,19H,7H2,1-2H3,(H,18,20). The quantitative estimate of drug-likeness (QED) is 0.831. The molecule has 2 rings (SSSR count). The van der Waals surface area contributed by atoms with E-state index in [9.17, 15) is 4.79 Å².